The maximum atomic E-state index is 11.8. The van der Waals surface area contributed by atoms with Crippen LogP contribution in [-0.2, 0) is 9.53 Å². The zero-order valence-electron chi connectivity index (χ0n) is 12.9. The van der Waals surface area contributed by atoms with E-state index >= 15 is 0 Å². The van der Waals surface area contributed by atoms with E-state index in [2.05, 4.69) is 22.5 Å². The van der Waals surface area contributed by atoms with Gasteiger partial charge in [0.25, 0.3) is 0 Å². The fourth-order valence-corrected chi connectivity index (χ4v) is 2.65. The van der Waals surface area contributed by atoms with Gasteiger partial charge in [-0.05, 0) is 38.8 Å². The molecule has 7 nitrogen and oxygen atoms in total. The number of aliphatic carboxylic acids is 1. The molecule has 0 saturated carbocycles. The van der Waals surface area contributed by atoms with Crippen molar-refractivity contribution in [2.45, 2.75) is 44.7 Å². The summed E-state index contributed by atoms with van der Waals surface area (Å²) in [4.78, 5) is 25.2. The van der Waals surface area contributed by atoms with Crippen LogP contribution in [0.1, 0.15) is 32.6 Å². The number of carboxylic acid groups (broad SMARTS) is 1. The van der Waals surface area contributed by atoms with Crippen LogP contribution >= 0.6 is 0 Å². The molecule has 0 bridgehead atoms. The Hall–Kier alpha value is -1.34. The van der Waals surface area contributed by atoms with Crippen LogP contribution in [0.2, 0.25) is 0 Å². The fourth-order valence-electron chi connectivity index (χ4n) is 2.65. The maximum absolute atomic E-state index is 11.8. The number of nitrogens with zero attached hydrogens (tertiary/aromatic N) is 1. The summed E-state index contributed by atoms with van der Waals surface area (Å²) in [5.74, 6) is -1.02. The number of methoxy groups -OCH3 is 1. The topological polar surface area (TPSA) is 90.9 Å². The minimum atomic E-state index is -1.02. The molecule has 1 aliphatic heterocycles. The van der Waals surface area contributed by atoms with Crippen LogP contribution in [0.5, 0.6) is 0 Å². The number of likely N-dealkylation sites (N-methyl/N-ethyl adjacent to an activating group) is 1. The number of hydrogen-bond acceptors (Lipinski definition) is 4. The van der Waals surface area contributed by atoms with Crippen molar-refractivity contribution in [3.8, 4) is 0 Å². The number of carbonyl (C=O) groups excluding carboxylic acids is 1. The second kappa shape index (κ2) is 9.57. The number of hydrogen-bond donors (Lipinski definition) is 3. The van der Waals surface area contributed by atoms with Crippen molar-refractivity contribution < 1.29 is 19.4 Å². The van der Waals surface area contributed by atoms with Crippen LogP contribution in [0.4, 0.5) is 4.79 Å². The highest BCUT2D eigenvalue weighted by Crippen LogP contribution is 2.15. The largest absolute Gasteiger partial charge is 0.480 e. The van der Waals surface area contributed by atoms with Gasteiger partial charge in [0.1, 0.15) is 6.04 Å². The van der Waals surface area contributed by atoms with Gasteiger partial charge in [-0.2, -0.15) is 0 Å². The molecule has 0 aromatic carbocycles. The number of carbonyl (C=O) groups is 2. The molecule has 1 saturated heterocycles. The third-order valence-electron chi connectivity index (χ3n) is 3.85. The van der Waals surface area contributed by atoms with E-state index in [4.69, 9.17) is 9.84 Å². The molecule has 7 heteroatoms. The van der Waals surface area contributed by atoms with Gasteiger partial charge in [0.2, 0.25) is 0 Å². The minimum absolute atomic E-state index is 0.359. The molecule has 0 radical (unpaired) electrons. The number of nitrogens with one attached hydrogen (secondary N) is 2. The summed E-state index contributed by atoms with van der Waals surface area (Å²) in [5.41, 5.74) is 0. The smallest absolute Gasteiger partial charge is 0.326 e. The first-order chi connectivity index (χ1) is 10.1. The molecule has 2 atom stereocenters. The van der Waals surface area contributed by atoms with Crippen LogP contribution in [0.15, 0.2) is 0 Å². The molecule has 2 amide bonds. The molecule has 1 rings (SSSR count). The van der Waals surface area contributed by atoms with Crippen molar-refractivity contribution in [2.24, 2.45) is 0 Å². The zero-order valence-corrected chi connectivity index (χ0v) is 12.9. The van der Waals surface area contributed by atoms with Gasteiger partial charge in [0, 0.05) is 26.3 Å². The summed E-state index contributed by atoms with van der Waals surface area (Å²) in [6.45, 7) is 5.20. The average molecular weight is 301 g/mol. The molecule has 1 aliphatic rings. The molecule has 1 fully saturated rings. The van der Waals surface area contributed by atoms with Crippen molar-refractivity contribution in [1.29, 1.82) is 0 Å². The van der Waals surface area contributed by atoms with Gasteiger partial charge < -0.3 is 20.5 Å². The van der Waals surface area contributed by atoms with Gasteiger partial charge in [-0.1, -0.05) is 6.92 Å². The van der Waals surface area contributed by atoms with E-state index in [0.717, 1.165) is 25.9 Å². The second-order valence-electron chi connectivity index (χ2n) is 5.30. The van der Waals surface area contributed by atoms with E-state index in [1.54, 1.807) is 7.11 Å². The van der Waals surface area contributed by atoms with E-state index < -0.39 is 18.0 Å². The minimum Gasteiger partial charge on any atom is -0.480 e. The zero-order chi connectivity index (χ0) is 15.7. The van der Waals surface area contributed by atoms with Crippen molar-refractivity contribution in [3.05, 3.63) is 0 Å². The molecular formula is C14H27N3O4. The highest BCUT2D eigenvalue weighted by molar-refractivity contribution is 5.82. The highest BCUT2D eigenvalue weighted by atomic mass is 16.5. The van der Waals surface area contributed by atoms with Crippen molar-refractivity contribution in [3.63, 3.8) is 0 Å². The summed E-state index contributed by atoms with van der Waals surface area (Å²) >= 11 is 0. The molecule has 21 heavy (non-hydrogen) atoms. The van der Waals surface area contributed by atoms with E-state index in [1.165, 1.54) is 0 Å². The van der Waals surface area contributed by atoms with Gasteiger partial charge >= 0.3 is 12.0 Å². The predicted molar refractivity (Wildman–Crippen MR) is 79.3 cm³/mol. The van der Waals surface area contributed by atoms with E-state index in [0.29, 0.717) is 32.0 Å². The Kier molecular flexibility index (Phi) is 8.07. The Morgan fingerprint density at radius 1 is 1.48 bits per heavy atom. The second-order valence-corrected chi connectivity index (χ2v) is 5.30. The first-order valence-corrected chi connectivity index (χ1v) is 7.58. The lowest BCUT2D eigenvalue weighted by Gasteiger charge is -2.23. The summed E-state index contributed by atoms with van der Waals surface area (Å²) in [6, 6.07) is -0.925. The van der Waals surface area contributed by atoms with Gasteiger partial charge in [0.05, 0.1) is 0 Å². The average Bonchev–Trinajstić information content (AvgIpc) is 2.91. The lowest BCUT2D eigenvalue weighted by atomic mass is 10.1. The third kappa shape index (κ3) is 6.31. The predicted octanol–water partition coefficient (Wildman–Crippen LogP) is 0.650. The van der Waals surface area contributed by atoms with Crippen molar-refractivity contribution in [1.82, 2.24) is 15.5 Å². The lowest BCUT2D eigenvalue weighted by Crippen LogP contribution is -2.49. The van der Waals surface area contributed by atoms with E-state index in [1.807, 2.05) is 0 Å². The van der Waals surface area contributed by atoms with Crippen LogP contribution in [0.3, 0.4) is 0 Å². The van der Waals surface area contributed by atoms with Crippen LogP contribution in [0, 0.1) is 0 Å². The van der Waals surface area contributed by atoms with Crippen LogP contribution in [0.25, 0.3) is 0 Å². The van der Waals surface area contributed by atoms with Crippen molar-refractivity contribution in [2.75, 3.05) is 33.4 Å². The number of amides is 2. The number of ether oxygens (including phenoxy) is 1. The summed E-state index contributed by atoms with van der Waals surface area (Å²) in [5, 5.41) is 14.4. The van der Waals surface area contributed by atoms with Gasteiger partial charge in [-0.25, -0.2) is 9.59 Å². The quantitative estimate of drug-likeness (QED) is 0.544. The Morgan fingerprint density at radius 3 is 2.86 bits per heavy atom. The molecule has 2 unspecified atom stereocenters. The fraction of sp³-hybridized carbons (Fsp3) is 0.857. The lowest BCUT2D eigenvalue weighted by molar-refractivity contribution is -0.139. The Morgan fingerprint density at radius 2 is 2.24 bits per heavy atom. The van der Waals surface area contributed by atoms with Crippen molar-refractivity contribution >= 4 is 12.0 Å². The van der Waals surface area contributed by atoms with Gasteiger partial charge in [-0.15, -0.1) is 0 Å². The number of rotatable bonds is 9. The maximum Gasteiger partial charge on any atom is 0.326 e. The molecule has 0 aromatic rings. The van der Waals surface area contributed by atoms with E-state index in [9.17, 15) is 9.59 Å². The Labute approximate surface area is 126 Å². The summed E-state index contributed by atoms with van der Waals surface area (Å²) < 4.78 is 4.89. The van der Waals surface area contributed by atoms with E-state index in [-0.39, 0.29) is 0 Å². The molecule has 3 N–H and O–H groups in total. The molecule has 1 heterocycles. The van der Waals surface area contributed by atoms with Crippen LogP contribution in [-0.4, -0.2) is 67.4 Å². The number of likely N-dealkylation sites (tertiary alicyclic amines) is 1. The molecule has 0 aromatic heterocycles. The molecular weight excluding hydrogens is 274 g/mol. The first-order valence-electron chi connectivity index (χ1n) is 7.58. The van der Waals surface area contributed by atoms with Gasteiger partial charge in [0.15, 0.2) is 0 Å². The number of urea groups is 1. The Bertz CT molecular complexity index is 338. The normalized spacial score (nSPS) is 20.2. The highest BCUT2D eigenvalue weighted by Gasteiger charge is 2.24. The summed E-state index contributed by atoms with van der Waals surface area (Å²) in [6.07, 6.45) is 3.18. The number of carboxylic acids is 1. The SMILES string of the molecule is CCN1CCCC1CNC(=O)NC(CCCOC)C(=O)O. The molecule has 0 aliphatic carbocycles. The van der Waals surface area contributed by atoms with Crippen LogP contribution < -0.4 is 10.6 Å². The molecule has 0 spiro atoms. The Balaban J connectivity index is 2.31. The van der Waals surface area contributed by atoms with Gasteiger partial charge in [-0.3, -0.25) is 4.90 Å². The standard InChI is InChI=1S/C14H27N3O4/c1-3-17-8-4-6-11(17)10-15-14(20)16-12(13(18)19)7-5-9-21-2/h11-12H,3-10H2,1-2H3,(H,18,19)(H2,15,16,20). The third-order valence-corrected chi connectivity index (χ3v) is 3.85. The molecule has 122 valence electrons. The first kappa shape index (κ1) is 17.7. The summed E-state index contributed by atoms with van der Waals surface area (Å²) in [7, 11) is 1.57. The monoisotopic (exact) mass is 301 g/mol.